The molecule has 0 radical (unpaired) electrons. The molecular formula is C15H13ClN2O5. The van der Waals surface area contributed by atoms with Crippen LogP contribution in [0.1, 0.15) is 10.4 Å². The molecule has 2 aromatic rings. The Labute approximate surface area is 136 Å². The normalized spacial score (nSPS) is 10.0. The van der Waals surface area contributed by atoms with Gasteiger partial charge in [-0.05, 0) is 24.3 Å². The van der Waals surface area contributed by atoms with Gasteiger partial charge in [-0.25, -0.2) is 0 Å². The van der Waals surface area contributed by atoms with Crippen LogP contribution in [-0.4, -0.2) is 25.1 Å². The zero-order valence-corrected chi connectivity index (χ0v) is 13.1. The molecule has 0 bridgehead atoms. The number of anilines is 1. The number of halogens is 1. The van der Waals surface area contributed by atoms with Gasteiger partial charge < -0.3 is 14.8 Å². The summed E-state index contributed by atoms with van der Waals surface area (Å²) in [4.78, 5) is 22.5. The number of rotatable bonds is 5. The molecule has 0 spiro atoms. The highest BCUT2D eigenvalue weighted by atomic mass is 35.5. The van der Waals surface area contributed by atoms with Crippen molar-refractivity contribution in [2.75, 3.05) is 19.5 Å². The Kier molecular flexibility index (Phi) is 5.02. The van der Waals surface area contributed by atoms with Crippen LogP contribution in [0.15, 0.2) is 36.4 Å². The van der Waals surface area contributed by atoms with E-state index in [1.54, 1.807) is 6.07 Å². The van der Waals surface area contributed by atoms with Crippen LogP contribution in [-0.2, 0) is 0 Å². The van der Waals surface area contributed by atoms with E-state index in [0.29, 0.717) is 17.1 Å². The van der Waals surface area contributed by atoms with Crippen molar-refractivity contribution in [1.82, 2.24) is 0 Å². The van der Waals surface area contributed by atoms with E-state index in [2.05, 4.69) is 5.32 Å². The lowest BCUT2D eigenvalue weighted by Crippen LogP contribution is -2.12. The molecule has 0 aromatic heterocycles. The molecule has 120 valence electrons. The summed E-state index contributed by atoms with van der Waals surface area (Å²) in [5.41, 5.74) is 0.263. The lowest BCUT2D eigenvalue weighted by Gasteiger charge is -2.09. The van der Waals surface area contributed by atoms with Gasteiger partial charge in [-0.15, -0.1) is 0 Å². The van der Waals surface area contributed by atoms with Gasteiger partial charge in [0.15, 0.2) is 0 Å². The van der Waals surface area contributed by atoms with Crippen LogP contribution in [0.4, 0.5) is 11.4 Å². The minimum Gasteiger partial charge on any atom is -0.497 e. The second kappa shape index (κ2) is 6.97. The number of carbonyl (C=O) groups is 1. The Morgan fingerprint density at radius 2 is 1.74 bits per heavy atom. The van der Waals surface area contributed by atoms with Gasteiger partial charge in [0.05, 0.1) is 19.1 Å². The van der Waals surface area contributed by atoms with Crippen LogP contribution in [0.5, 0.6) is 11.5 Å². The molecule has 1 amide bonds. The summed E-state index contributed by atoms with van der Waals surface area (Å²) in [6, 6.07) is 8.71. The van der Waals surface area contributed by atoms with Crippen LogP contribution < -0.4 is 14.8 Å². The van der Waals surface area contributed by atoms with Gasteiger partial charge in [-0.3, -0.25) is 14.9 Å². The number of benzene rings is 2. The van der Waals surface area contributed by atoms with Gasteiger partial charge in [0.1, 0.15) is 16.5 Å². The minimum absolute atomic E-state index is 0.00366. The van der Waals surface area contributed by atoms with Crippen molar-refractivity contribution in [1.29, 1.82) is 0 Å². The Bertz CT molecular complexity index is 741. The van der Waals surface area contributed by atoms with Crippen LogP contribution in [0, 0.1) is 10.1 Å². The third-order valence-corrected chi connectivity index (χ3v) is 3.33. The van der Waals surface area contributed by atoms with Crippen molar-refractivity contribution in [3.8, 4) is 11.5 Å². The second-order valence-electron chi connectivity index (χ2n) is 4.48. The Morgan fingerprint density at radius 3 is 2.26 bits per heavy atom. The molecule has 0 saturated carbocycles. The molecular weight excluding hydrogens is 324 g/mol. The number of methoxy groups -OCH3 is 2. The predicted octanol–water partition coefficient (Wildman–Crippen LogP) is 3.52. The number of amides is 1. The maximum atomic E-state index is 12.3. The molecule has 2 aromatic carbocycles. The number of carbonyl (C=O) groups excluding carboxylic acids is 1. The summed E-state index contributed by atoms with van der Waals surface area (Å²) in [7, 11) is 2.94. The fourth-order valence-corrected chi connectivity index (χ4v) is 2.06. The number of hydrogen-bond acceptors (Lipinski definition) is 5. The molecule has 0 aliphatic rings. The summed E-state index contributed by atoms with van der Waals surface area (Å²) >= 11 is 5.74. The Hall–Kier alpha value is -2.80. The van der Waals surface area contributed by atoms with Gasteiger partial charge in [0.25, 0.3) is 11.6 Å². The molecule has 0 saturated heterocycles. The highest BCUT2D eigenvalue weighted by Crippen LogP contribution is 2.28. The highest BCUT2D eigenvalue weighted by Gasteiger charge is 2.15. The second-order valence-corrected chi connectivity index (χ2v) is 4.89. The Balaban J connectivity index is 2.29. The van der Waals surface area contributed by atoms with Crippen molar-refractivity contribution in [3.63, 3.8) is 0 Å². The highest BCUT2D eigenvalue weighted by molar-refractivity contribution is 6.32. The quantitative estimate of drug-likeness (QED) is 0.666. The van der Waals surface area contributed by atoms with E-state index in [4.69, 9.17) is 21.1 Å². The third kappa shape index (κ3) is 3.89. The van der Waals surface area contributed by atoms with Crippen molar-refractivity contribution >= 4 is 28.9 Å². The first-order valence-corrected chi connectivity index (χ1v) is 6.80. The molecule has 0 atom stereocenters. The average molecular weight is 337 g/mol. The van der Waals surface area contributed by atoms with E-state index in [-0.39, 0.29) is 16.4 Å². The Morgan fingerprint density at radius 1 is 1.13 bits per heavy atom. The van der Waals surface area contributed by atoms with E-state index >= 15 is 0 Å². The molecule has 23 heavy (non-hydrogen) atoms. The molecule has 7 nitrogen and oxygen atoms in total. The number of nitrogens with one attached hydrogen (secondary N) is 1. The van der Waals surface area contributed by atoms with Crippen LogP contribution in [0.25, 0.3) is 0 Å². The first-order valence-electron chi connectivity index (χ1n) is 6.43. The maximum Gasteiger partial charge on any atom is 0.289 e. The molecule has 0 unspecified atom stereocenters. The van der Waals surface area contributed by atoms with Crippen molar-refractivity contribution in [3.05, 3.63) is 57.1 Å². The maximum absolute atomic E-state index is 12.3. The number of hydrogen-bond donors (Lipinski definition) is 1. The van der Waals surface area contributed by atoms with Gasteiger partial charge in [-0.1, -0.05) is 11.6 Å². The standard InChI is InChI=1S/C15H13ClN2O5/c1-22-11-5-9(6-12(8-11)23-2)15(19)17-10-3-4-13(16)14(7-10)18(20)21/h3-8H,1-2H3,(H,17,19). The molecule has 0 aliphatic carbocycles. The van der Waals surface area contributed by atoms with Crippen molar-refractivity contribution in [2.45, 2.75) is 0 Å². The van der Waals surface area contributed by atoms with Gasteiger partial charge in [0, 0.05) is 23.4 Å². The smallest absolute Gasteiger partial charge is 0.289 e. The number of ether oxygens (including phenoxy) is 2. The zero-order chi connectivity index (χ0) is 17.0. The molecule has 1 N–H and O–H groups in total. The monoisotopic (exact) mass is 336 g/mol. The van der Waals surface area contributed by atoms with Crippen molar-refractivity contribution < 1.29 is 19.2 Å². The van der Waals surface area contributed by atoms with Gasteiger partial charge in [0.2, 0.25) is 0 Å². The summed E-state index contributed by atoms with van der Waals surface area (Å²) in [6.07, 6.45) is 0. The molecule has 8 heteroatoms. The van der Waals surface area contributed by atoms with Crippen LogP contribution >= 0.6 is 11.6 Å². The number of nitrogens with zero attached hydrogens (tertiary/aromatic N) is 1. The summed E-state index contributed by atoms with van der Waals surface area (Å²) < 4.78 is 10.2. The van der Waals surface area contributed by atoms with E-state index < -0.39 is 10.8 Å². The minimum atomic E-state index is -0.618. The fraction of sp³-hybridized carbons (Fsp3) is 0.133. The van der Waals surface area contributed by atoms with Crippen LogP contribution in [0.3, 0.4) is 0 Å². The van der Waals surface area contributed by atoms with Gasteiger partial charge in [-0.2, -0.15) is 0 Å². The van der Waals surface area contributed by atoms with Gasteiger partial charge >= 0.3 is 0 Å². The van der Waals surface area contributed by atoms with Crippen LogP contribution in [0.2, 0.25) is 5.02 Å². The van der Waals surface area contributed by atoms with Crippen molar-refractivity contribution in [2.24, 2.45) is 0 Å². The summed E-state index contributed by atoms with van der Waals surface area (Å²) in [5, 5.41) is 13.4. The summed E-state index contributed by atoms with van der Waals surface area (Å²) in [5.74, 6) is 0.451. The molecule has 0 fully saturated rings. The first kappa shape index (κ1) is 16.6. The van der Waals surface area contributed by atoms with E-state index in [0.717, 1.165) is 0 Å². The topological polar surface area (TPSA) is 90.7 Å². The molecule has 2 rings (SSSR count). The summed E-state index contributed by atoms with van der Waals surface area (Å²) in [6.45, 7) is 0. The predicted molar refractivity (Wildman–Crippen MR) is 85.6 cm³/mol. The zero-order valence-electron chi connectivity index (χ0n) is 12.3. The molecule has 0 heterocycles. The largest absolute Gasteiger partial charge is 0.497 e. The van der Waals surface area contributed by atoms with E-state index in [1.807, 2.05) is 0 Å². The first-order chi connectivity index (χ1) is 10.9. The number of nitro benzene ring substituents is 1. The molecule has 0 aliphatic heterocycles. The third-order valence-electron chi connectivity index (χ3n) is 3.01. The van der Waals surface area contributed by atoms with E-state index in [9.17, 15) is 14.9 Å². The number of nitro groups is 1. The lowest BCUT2D eigenvalue weighted by molar-refractivity contribution is -0.384. The fourth-order valence-electron chi connectivity index (χ4n) is 1.87. The average Bonchev–Trinajstić information content (AvgIpc) is 2.55. The van der Waals surface area contributed by atoms with E-state index in [1.165, 1.54) is 44.6 Å². The lowest BCUT2D eigenvalue weighted by atomic mass is 10.1. The SMILES string of the molecule is COc1cc(OC)cc(C(=O)Nc2ccc(Cl)c([N+](=O)[O-])c2)c1.